The first-order valence-corrected chi connectivity index (χ1v) is 7.64. The van der Waals surface area contributed by atoms with Crippen molar-refractivity contribution in [2.75, 3.05) is 13.1 Å². The second kappa shape index (κ2) is 6.27. The van der Waals surface area contributed by atoms with Gasteiger partial charge in [0.2, 0.25) is 0 Å². The molecule has 2 aromatic rings. The van der Waals surface area contributed by atoms with Gasteiger partial charge in [-0.15, -0.1) is 0 Å². The lowest BCUT2D eigenvalue weighted by Gasteiger charge is -2.22. The van der Waals surface area contributed by atoms with Gasteiger partial charge in [0.05, 0.1) is 11.3 Å². The fourth-order valence-electron chi connectivity index (χ4n) is 2.90. The molecule has 0 saturated carbocycles. The second-order valence-corrected chi connectivity index (χ2v) is 5.72. The molecule has 8 heteroatoms. The van der Waals surface area contributed by atoms with Crippen molar-refractivity contribution in [1.82, 2.24) is 14.7 Å². The van der Waals surface area contributed by atoms with Gasteiger partial charge in [-0.1, -0.05) is 6.07 Å². The molecule has 1 aromatic heterocycles. The number of benzene rings is 1. The van der Waals surface area contributed by atoms with Crippen LogP contribution in [0.3, 0.4) is 0 Å². The molecule has 0 spiro atoms. The molecule has 1 unspecified atom stereocenters. The van der Waals surface area contributed by atoms with Crippen molar-refractivity contribution in [2.24, 2.45) is 5.73 Å². The van der Waals surface area contributed by atoms with Crippen molar-refractivity contribution in [2.45, 2.75) is 25.1 Å². The van der Waals surface area contributed by atoms with E-state index in [4.69, 9.17) is 5.73 Å². The molecule has 1 aromatic carbocycles. The molecule has 0 radical (unpaired) electrons. The van der Waals surface area contributed by atoms with E-state index in [1.165, 1.54) is 29.1 Å². The number of likely N-dealkylation sites (tertiary alicyclic amines) is 1. The first-order valence-electron chi connectivity index (χ1n) is 7.64. The van der Waals surface area contributed by atoms with Gasteiger partial charge in [-0.2, -0.15) is 18.3 Å². The zero-order chi connectivity index (χ0) is 17.3. The third-order valence-electron chi connectivity index (χ3n) is 4.16. The van der Waals surface area contributed by atoms with Crippen LogP contribution in [0, 0.1) is 0 Å². The number of carbonyl (C=O) groups excluding carboxylic acids is 1. The monoisotopic (exact) mass is 338 g/mol. The van der Waals surface area contributed by atoms with Gasteiger partial charge in [0.1, 0.15) is 0 Å². The van der Waals surface area contributed by atoms with E-state index in [-0.39, 0.29) is 23.3 Å². The summed E-state index contributed by atoms with van der Waals surface area (Å²) in [7, 11) is 0. The lowest BCUT2D eigenvalue weighted by Crippen LogP contribution is -2.40. The first-order chi connectivity index (χ1) is 11.4. The van der Waals surface area contributed by atoms with Gasteiger partial charge in [-0.05, 0) is 37.1 Å². The molecule has 1 aliphatic heterocycles. The molecule has 1 fully saturated rings. The van der Waals surface area contributed by atoms with Gasteiger partial charge in [0.15, 0.2) is 5.69 Å². The Morgan fingerprint density at radius 3 is 2.83 bits per heavy atom. The summed E-state index contributed by atoms with van der Waals surface area (Å²) in [4.78, 5) is 14.2. The molecular weight excluding hydrogens is 321 g/mol. The Hall–Kier alpha value is -2.35. The molecule has 5 nitrogen and oxygen atoms in total. The second-order valence-electron chi connectivity index (χ2n) is 5.72. The third-order valence-corrected chi connectivity index (χ3v) is 4.16. The van der Waals surface area contributed by atoms with Crippen LogP contribution in [0.2, 0.25) is 0 Å². The number of amides is 1. The molecule has 2 N–H and O–H groups in total. The standard InChI is InChI=1S/C16H17F3N4O/c17-16(18,19)11-3-1-4-12(9-11)23-8-6-14(21-23)15(24)22-7-2-5-13(22)10-20/h1,3-4,6,8-9,13H,2,5,7,10,20H2. The van der Waals surface area contributed by atoms with Crippen molar-refractivity contribution in [3.8, 4) is 5.69 Å². The summed E-state index contributed by atoms with van der Waals surface area (Å²) in [6.07, 6.45) is -1.19. The number of alkyl halides is 3. The predicted molar refractivity (Wildman–Crippen MR) is 81.7 cm³/mol. The normalized spacial score (nSPS) is 18.2. The van der Waals surface area contributed by atoms with Crippen molar-refractivity contribution < 1.29 is 18.0 Å². The quantitative estimate of drug-likeness (QED) is 0.935. The van der Waals surface area contributed by atoms with Gasteiger partial charge in [0, 0.05) is 25.3 Å². The van der Waals surface area contributed by atoms with Crippen LogP contribution in [-0.4, -0.2) is 39.7 Å². The Kier molecular flexibility index (Phi) is 4.31. The fraction of sp³-hybridized carbons (Fsp3) is 0.375. The highest BCUT2D eigenvalue weighted by molar-refractivity contribution is 5.92. The highest BCUT2D eigenvalue weighted by Crippen LogP contribution is 2.30. The lowest BCUT2D eigenvalue weighted by molar-refractivity contribution is -0.137. The third kappa shape index (κ3) is 3.14. The van der Waals surface area contributed by atoms with E-state index >= 15 is 0 Å². The molecule has 24 heavy (non-hydrogen) atoms. The maximum Gasteiger partial charge on any atom is 0.416 e. The van der Waals surface area contributed by atoms with Crippen molar-refractivity contribution in [3.63, 3.8) is 0 Å². The minimum atomic E-state index is -4.42. The summed E-state index contributed by atoms with van der Waals surface area (Å²) in [5.74, 6) is -0.242. The Balaban J connectivity index is 1.85. The smallest absolute Gasteiger partial charge is 0.333 e. The van der Waals surface area contributed by atoms with Gasteiger partial charge in [-0.25, -0.2) is 4.68 Å². The molecule has 1 aliphatic rings. The van der Waals surface area contributed by atoms with Crippen LogP contribution in [0.1, 0.15) is 28.9 Å². The zero-order valence-electron chi connectivity index (χ0n) is 12.8. The SMILES string of the molecule is NCC1CCCN1C(=O)c1ccn(-c2cccc(C(F)(F)F)c2)n1. The maximum absolute atomic E-state index is 12.8. The molecular formula is C16H17F3N4O. The van der Waals surface area contributed by atoms with Gasteiger partial charge in [0.25, 0.3) is 5.91 Å². The molecule has 128 valence electrons. The topological polar surface area (TPSA) is 64.2 Å². The van der Waals surface area contributed by atoms with E-state index in [0.717, 1.165) is 25.0 Å². The van der Waals surface area contributed by atoms with Gasteiger partial charge in [-0.3, -0.25) is 4.79 Å². The number of nitrogens with two attached hydrogens (primary N) is 1. The molecule has 0 aliphatic carbocycles. The van der Waals surface area contributed by atoms with Crippen LogP contribution in [0.5, 0.6) is 0 Å². The van der Waals surface area contributed by atoms with Crippen LogP contribution in [0.15, 0.2) is 36.5 Å². The minimum Gasteiger partial charge on any atom is -0.333 e. The van der Waals surface area contributed by atoms with E-state index in [0.29, 0.717) is 13.1 Å². The number of rotatable bonds is 3. The van der Waals surface area contributed by atoms with Gasteiger partial charge >= 0.3 is 6.18 Å². The van der Waals surface area contributed by atoms with Crippen LogP contribution in [-0.2, 0) is 6.18 Å². The number of nitrogens with zero attached hydrogens (tertiary/aromatic N) is 3. The number of hydrogen-bond acceptors (Lipinski definition) is 3. The molecule has 0 bridgehead atoms. The summed E-state index contributed by atoms with van der Waals surface area (Å²) in [5.41, 5.74) is 5.36. The maximum atomic E-state index is 12.8. The van der Waals surface area contributed by atoms with Crippen molar-refractivity contribution in [3.05, 3.63) is 47.8 Å². The van der Waals surface area contributed by atoms with Crippen molar-refractivity contribution >= 4 is 5.91 Å². The average molecular weight is 338 g/mol. The largest absolute Gasteiger partial charge is 0.416 e. The first kappa shape index (κ1) is 16.5. The van der Waals surface area contributed by atoms with Gasteiger partial charge < -0.3 is 10.6 Å². The molecule has 1 atom stereocenters. The van der Waals surface area contributed by atoms with E-state index < -0.39 is 11.7 Å². The Labute approximate surface area is 136 Å². The zero-order valence-corrected chi connectivity index (χ0v) is 12.8. The molecule has 3 rings (SSSR count). The van der Waals surface area contributed by atoms with E-state index in [2.05, 4.69) is 5.10 Å². The van der Waals surface area contributed by atoms with Crippen LogP contribution >= 0.6 is 0 Å². The highest BCUT2D eigenvalue weighted by atomic mass is 19.4. The Bertz CT molecular complexity index is 741. The van der Waals surface area contributed by atoms with Crippen LogP contribution in [0.25, 0.3) is 5.69 Å². The summed E-state index contributed by atoms with van der Waals surface area (Å²) < 4.78 is 39.7. The number of carbonyl (C=O) groups is 1. The summed E-state index contributed by atoms with van der Waals surface area (Å²) in [6.45, 7) is 1.01. The van der Waals surface area contributed by atoms with Crippen LogP contribution < -0.4 is 5.73 Å². The Morgan fingerprint density at radius 1 is 1.33 bits per heavy atom. The number of halogens is 3. The number of aromatic nitrogens is 2. The Morgan fingerprint density at radius 2 is 2.12 bits per heavy atom. The van der Waals surface area contributed by atoms with E-state index in [1.807, 2.05) is 0 Å². The summed E-state index contributed by atoms with van der Waals surface area (Å²) in [5, 5.41) is 4.13. The summed E-state index contributed by atoms with van der Waals surface area (Å²) in [6, 6.07) is 6.32. The molecule has 1 saturated heterocycles. The lowest BCUT2D eigenvalue weighted by atomic mass is 10.2. The van der Waals surface area contributed by atoms with Crippen molar-refractivity contribution in [1.29, 1.82) is 0 Å². The van der Waals surface area contributed by atoms with E-state index in [1.54, 1.807) is 4.90 Å². The summed E-state index contributed by atoms with van der Waals surface area (Å²) >= 11 is 0. The average Bonchev–Trinajstić information content (AvgIpc) is 3.22. The van der Waals surface area contributed by atoms with Crippen LogP contribution in [0.4, 0.5) is 13.2 Å². The highest BCUT2D eigenvalue weighted by Gasteiger charge is 2.31. The minimum absolute atomic E-state index is 0.00351. The number of hydrogen-bond donors (Lipinski definition) is 1. The van der Waals surface area contributed by atoms with E-state index in [9.17, 15) is 18.0 Å². The fourth-order valence-corrected chi connectivity index (χ4v) is 2.90. The molecule has 2 heterocycles. The molecule has 1 amide bonds. The predicted octanol–water partition coefficient (Wildman–Crippen LogP) is 2.45.